The van der Waals surface area contributed by atoms with E-state index in [1.165, 1.54) is 0 Å². The van der Waals surface area contributed by atoms with E-state index < -0.39 is 5.41 Å². The Morgan fingerprint density at radius 3 is 2.85 bits per heavy atom. The molecule has 142 valence electrons. The van der Waals surface area contributed by atoms with E-state index in [2.05, 4.69) is 60.6 Å². The van der Waals surface area contributed by atoms with Crippen LogP contribution >= 0.6 is 0 Å². The molecule has 1 unspecified atom stereocenters. The lowest BCUT2D eigenvalue weighted by Gasteiger charge is -2.47. The first-order chi connectivity index (χ1) is 12.9. The Morgan fingerprint density at radius 2 is 2.11 bits per heavy atom. The molecule has 5 nitrogen and oxygen atoms in total. The maximum atomic E-state index is 13.4. The monoisotopic (exact) mass is 365 g/mol. The predicted octanol–water partition coefficient (Wildman–Crippen LogP) is 4.40. The number of nitrogens with one attached hydrogen (secondary N) is 1. The number of methoxy groups -OCH3 is 1. The molecule has 1 N–H and O–H groups in total. The summed E-state index contributed by atoms with van der Waals surface area (Å²) in [5.41, 5.74) is 4.74. The molecule has 0 radical (unpaired) electrons. The third-order valence-electron chi connectivity index (χ3n) is 6.04. The predicted molar refractivity (Wildman–Crippen MR) is 104 cm³/mol. The molecule has 0 saturated heterocycles. The first kappa shape index (κ1) is 18.1. The van der Waals surface area contributed by atoms with Crippen LogP contribution in [-0.2, 0) is 21.6 Å². The number of hydrogen-bond donors (Lipinski definition) is 1. The number of allylic oxidation sites excluding steroid dienone is 2. The van der Waals surface area contributed by atoms with Crippen LogP contribution in [0.15, 0.2) is 57.5 Å². The summed E-state index contributed by atoms with van der Waals surface area (Å²) < 4.78 is 5.34. The molecule has 2 aliphatic heterocycles. The van der Waals surface area contributed by atoms with Gasteiger partial charge in [0.1, 0.15) is 0 Å². The van der Waals surface area contributed by atoms with Crippen molar-refractivity contribution in [1.29, 1.82) is 0 Å². The molecule has 4 rings (SSSR count). The molecule has 0 fully saturated rings. The zero-order chi connectivity index (χ0) is 19.2. The van der Waals surface area contributed by atoms with Gasteiger partial charge in [0.05, 0.1) is 18.2 Å². The molecule has 1 aromatic rings. The zero-order valence-electron chi connectivity index (χ0n) is 16.5. The number of azo groups is 1. The standard InChI is InChI=1S/C22H27N3O2/c1-5-22(15-8-6-7-14(9-15)13-27-4)16-12-23-25-20(16)24-17-10-21(2,3)11-18(26)19(17)22/h6-9,12,20,24H,5,10-11,13H2,1-4H3/t20?,22-/m1/s1. The van der Waals surface area contributed by atoms with Gasteiger partial charge in [0.25, 0.3) is 0 Å². The van der Waals surface area contributed by atoms with Crippen molar-refractivity contribution in [2.45, 2.75) is 58.2 Å². The number of nitrogens with zero attached hydrogens (tertiary/aromatic N) is 2. The van der Waals surface area contributed by atoms with E-state index in [9.17, 15) is 4.79 Å². The van der Waals surface area contributed by atoms with Crippen LogP contribution in [0.25, 0.3) is 0 Å². The Balaban J connectivity index is 1.95. The van der Waals surface area contributed by atoms with Gasteiger partial charge in [0, 0.05) is 30.4 Å². The zero-order valence-corrected chi connectivity index (χ0v) is 16.5. The van der Waals surface area contributed by atoms with Gasteiger partial charge >= 0.3 is 0 Å². The Morgan fingerprint density at radius 1 is 1.30 bits per heavy atom. The molecule has 0 amide bonds. The number of Topliss-reactive ketones (excluding diaryl/α,β-unsaturated/α-hetero) is 1. The molecule has 1 aromatic carbocycles. The van der Waals surface area contributed by atoms with Crippen LogP contribution in [0.3, 0.4) is 0 Å². The minimum atomic E-state index is -0.480. The molecular formula is C22H27N3O2. The maximum absolute atomic E-state index is 13.4. The fourth-order valence-corrected chi connectivity index (χ4v) is 4.98. The van der Waals surface area contributed by atoms with Gasteiger partial charge in [-0.3, -0.25) is 4.79 Å². The van der Waals surface area contributed by atoms with Crippen LogP contribution in [0.2, 0.25) is 0 Å². The van der Waals surface area contributed by atoms with Crippen molar-refractivity contribution in [3.63, 3.8) is 0 Å². The van der Waals surface area contributed by atoms with Crippen molar-refractivity contribution in [2.24, 2.45) is 15.6 Å². The molecule has 1 aliphatic carbocycles. The highest BCUT2D eigenvalue weighted by Gasteiger charge is 2.52. The van der Waals surface area contributed by atoms with Gasteiger partial charge in [-0.15, -0.1) is 0 Å². The van der Waals surface area contributed by atoms with Gasteiger partial charge in [0.15, 0.2) is 11.9 Å². The third kappa shape index (κ3) is 2.76. The number of hydrogen-bond acceptors (Lipinski definition) is 5. The van der Waals surface area contributed by atoms with Gasteiger partial charge in [-0.2, -0.15) is 10.2 Å². The van der Waals surface area contributed by atoms with Gasteiger partial charge in [-0.1, -0.05) is 45.0 Å². The number of benzene rings is 1. The number of fused-ring (bicyclic) bond motifs is 1. The summed E-state index contributed by atoms with van der Waals surface area (Å²) in [6.07, 6.45) is 3.88. The molecule has 0 aromatic heterocycles. The second-order valence-corrected chi connectivity index (χ2v) is 8.55. The topological polar surface area (TPSA) is 63.1 Å². The highest BCUT2D eigenvalue weighted by molar-refractivity contribution is 6.01. The number of ether oxygens (including phenoxy) is 1. The van der Waals surface area contributed by atoms with Crippen molar-refractivity contribution < 1.29 is 9.53 Å². The summed E-state index contributed by atoms with van der Waals surface area (Å²) in [6.45, 7) is 7.02. The van der Waals surface area contributed by atoms with Gasteiger partial charge in [-0.05, 0) is 29.4 Å². The van der Waals surface area contributed by atoms with Crippen LogP contribution in [0, 0.1) is 5.41 Å². The van der Waals surface area contributed by atoms with E-state index in [0.717, 1.165) is 40.8 Å². The van der Waals surface area contributed by atoms with Crippen molar-refractivity contribution in [3.05, 3.63) is 58.4 Å². The molecule has 0 spiro atoms. The van der Waals surface area contributed by atoms with E-state index in [1.54, 1.807) is 7.11 Å². The van der Waals surface area contributed by atoms with Crippen molar-refractivity contribution in [2.75, 3.05) is 7.11 Å². The number of carbonyl (C=O) groups is 1. The van der Waals surface area contributed by atoms with Crippen molar-refractivity contribution in [1.82, 2.24) is 5.32 Å². The minimum absolute atomic E-state index is 0.0444. The SMILES string of the molecule is CC[C@@]1(c2cccc(COC)c2)C2=CN=NC2NC2=C1C(=O)CC(C)(C)C2. The average Bonchev–Trinajstić information content (AvgIpc) is 3.08. The molecule has 2 heterocycles. The van der Waals surface area contributed by atoms with E-state index in [1.807, 2.05) is 6.20 Å². The quantitative estimate of drug-likeness (QED) is 0.860. The normalized spacial score (nSPS) is 28.5. The summed E-state index contributed by atoms with van der Waals surface area (Å²) in [5, 5.41) is 12.1. The Hall–Kier alpha value is -2.27. The summed E-state index contributed by atoms with van der Waals surface area (Å²) in [6, 6.07) is 8.42. The van der Waals surface area contributed by atoms with E-state index in [4.69, 9.17) is 4.74 Å². The first-order valence-corrected chi connectivity index (χ1v) is 9.63. The molecule has 27 heavy (non-hydrogen) atoms. The highest BCUT2D eigenvalue weighted by atomic mass is 16.5. The van der Waals surface area contributed by atoms with Crippen LogP contribution in [0.1, 0.15) is 51.2 Å². The highest BCUT2D eigenvalue weighted by Crippen LogP contribution is 2.53. The van der Waals surface area contributed by atoms with Crippen molar-refractivity contribution >= 4 is 5.78 Å². The summed E-state index contributed by atoms with van der Waals surface area (Å²) in [5.74, 6) is 0.235. The number of carbonyl (C=O) groups excluding carboxylic acids is 1. The van der Waals surface area contributed by atoms with Crippen LogP contribution < -0.4 is 5.32 Å². The summed E-state index contributed by atoms with van der Waals surface area (Å²) >= 11 is 0. The molecule has 2 atom stereocenters. The first-order valence-electron chi connectivity index (χ1n) is 9.63. The second-order valence-electron chi connectivity index (χ2n) is 8.55. The van der Waals surface area contributed by atoms with Crippen LogP contribution in [0.5, 0.6) is 0 Å². The lowest BCUT2D eigenvalue weighted by Crippen LogP contribution is -2.51. The summed E-state index contributed by atoms with van der Waals surface area (Å²) in [7, 11) is 1.70. The Kier molecular flexibility index (Phi) is 4.30. The minimum Gasteiger partial charge on any atom is -0.380 e. The van der Waals surface area contributed by atoms with Crippen molar-refractivity contribution in [3.8, 4) is 0 Å². The average molecular weight is 365 g/mol. The molecule has 5 heteroatoms. The van der Waals surface area contributed by atoms with Gasteiger partial charge < -0.3 is 10.1 Å². The van der Waals surface area contributed by atoms with Gasteiger partial charge in [0.2, 0.25) is 0 Å². The lowest BCUT2D eigenvalue weighted by molar-refractivity contribution is -0.119. The molecule has 3 aliphatic rings. The van der Waals surface area contributed by atoms with E-state index in [-0.39, 0.29) is 17.4 Å². The number of rotatable bonds is 4. The molecule has 0 saturated carbocycles. The third-order valence-corrected chi connectivity index (χ3v) is 6.04. The largest absolute Gasteiger partial charge is 0.380 e. The molecule has 0 bridgehead atoms. The lowest BCUT2D eigenvalue weighted by atomic mass is 9.59. The fraction of sp³-hybridized carbons (Fsp3) is 0.500. The maximum Gasteiger partial charge on any atom is 0.164 e. The van der Waals surface area contributed by atoms with Crippen LogP contribution in [0.4, 0.5) is 0 Å². The second kappa shape index (κ2) is 6.41. The van der Waals surface area contributed by atoms with Gasteiger partial charge in [-0.25, -0.2) is 0 Å². The smallest absolute Gasteiger partial charge is 0.164 e. The van der Waals surface area contributed by atoms with E-state index in [0.29, 0.717) is 13.0 Å². The number of ketones is 1. The Bertz CT molecular complexity index is 881. The Labute approximate surface area is 160 Å². The summed E-state index contributed by atoms with van der Waals surface area (Å²) in [4.78, 5) is 13.4. The molecular weight excluding hydrogens is 338 g/mol. The fourth-order valence-electron chi connectivity index (χ4n) is 4.98. The van der Waals surface area contributed by atoms with Crippen LogP contribution in [-0.4, -0.2) is 19.1 Å². The van der Waals surface area contributed by atoms with E-state index >= 15 is 0 Å².